The van der Waals surface area contributed by atoms with Crippen LogP contribution in [-0.4, -0.2) is 118 Å². The number of hydrogen-bond acceptors (Lipinski definition) is 12. The van der Waals surface area contributed by atoms with Crippen LogP contribution in [0.15, 0.2) is 0 Å². The van der Waals surface area contributed by atoms with Crippen LogP contribution >= 0.6 is 0 Å². The fourth-order valence-electron chi connectivity index (χ4n) is 6.61. The van der Waals surface area contributed by atoms with Gasteiger partial charge in [0, 0.05) is 93.9 Å². The van der Waals surface area contributed by atoms with Gasteiger partial charge in [0.15, 0.2) is 0 Å². The Balaban J connectivity index is 5.67. The Morgan fingerprint density at radius 1 is 0.354 bits per heavy atom. The Labute approximate surface area is 298 Å². The van der Waals surface area contributed by atoms with E-state index in [9.17, 15) is 0 Å². The van der Waals surface area contributed by atoms with E-state index in [1.165, 1.54) is 0 Å². The highest BCUT2D eigenvalue weighted by atomic mass is 28.5. The molecule has 0 saturated heterocycles. The standard InChI is InChI=1S/C32H74O12Si4/c1-13-39-47(40-14-2,41-15-3)32(48(42-16-4,43-17-5)44-18-6)29-25-22-24-28-31(46(36-10,37-11)38-12)27-23-20-19-21-26-30-45(33-7,34-8)35-9/h31-32H,13-30H2,1-12H3. The van der Waals surface area contributed by atoms with Gasteiger partial charge in [0.05, 0.1) is 5.16 Å². The molecule has 0 fully saturated rings. The van der Waals surface area contributed by atoms with Crippen molar-refractivity contribution >= 4 is 35.2 Å². The van der Waals surface area contributed by atoms with Crippen LogP contribution in [0.5, 0.6) is 0 Å². The molecular formula is C32H74O12Si4. The second-order valence-electron chi connectivity index (χ2n) is 11.5. The third-order valence-corrected chi connectivity index (χ3v) is 23.5. The van der Waals surface area contributed by atoms with E-state index >= 15 is 0 Å². The highest BCUT2D eigenvalue weighted by Crippen LogP contribution is 2.42. The van der Waals surface area contributed by atoms with Crippen molar-refractivity contribution in [2.45, 2.75) is 129 Å². The first-order valence-electron chi connectivity index (χ1n) is 18.3. The van der Waals surface area contributed by atoms with Crippen LogP contribution in [0, 0.1) is 0 Å². The van der Waals surface area contributed by atoms with E-state index in [2.05, 4.69) is 0 Å². The van der Waals surface area contributed by atoms with Crippen molar-refractivity contribution in [3.05, 3.63) is 0 Å². The van der Waals surface area contributed by atoms with Crippen molar-refractivity contribution in [3.8, 4) is 0 Å². The molecule has 0 aliphatic carbocycles. The third-order valence-electron chi connectivity index (χ3n) is 8.79. The average molecular weight is 763 g/mol. The fraction of sp³-hybridized carbons (Fsp3) is 1.00. The highest BCUT2D eigenvalue weighted by molar-refractivity contribution is 6.82. The zero-order chi connectivity index (χ0) is 36.4. The first-order valence-corrected chi connectivity index (χ1v) is 25.7. The maximum Gasteiger partial charge on any atom is 0.508 e. The van der Waals surface area contributed by atoms with Gasteiger partial charge in [-0.15, -0.1) is 0 Å². The molecule has 290 valence electrons. The van der Waals surface area contributed by atoms with E-state index < -0.39 is 35.2 Å². The summed E-state index contributed by atoms with van der Waals surface area (Å²) in [4.78, 5) is 0. The van der Waals surface area contributed by atoms with Crippen LogP contribution in [0.25, 0.3) is 0 Å². The van der Waals surface area contributed by atoms with E-state index in [1.807, 2.05) is 41.5 Å². The summed E-state index contributed by atoms with van der Waals surface area (Å²) >= 11 is 0. The van der Waals surface area contributed by atoms with Gasteiger partial charge in [0.25, 0.3) is 0 Å². The molecule has 0 radical (unpaired) electrons. The molecule has 0 saturated carbocycles. The minimum atomic E-state index is -3.24. The Bertz CT molecular complexity index is 673. The molecule has 12 nitrogen and oxygen atoms in total. The van der Waals surface area contributed by atoms with Crippen molar-refractivity contribution < 1.29 is 53.1 Å². The van der Waals surface area contributed by atoms with Gasteiger partial charge in [0.1, 0.15) is 0 Å². The molecule has 0 aliphatic rings. The van der Waals surface area contributed by atoms with E-state index in [4.69, 9.17) is 53.1 Å². The lowest BCUT2D eigenvalue weighted by atomic mass is 10.0. The zero-order valence-electron chi connectivity index (χ0n) is 32.8. The van der Waals surface area contributed by atoms with Crippen molar-refractivity contribution in [1.29, 1.82) is 0 Å². The molecule has 0 aromatic carbocycles. The van der Waals surface area contributed by atoms with Crippen LogP contribution in [0.4, 0.5) is 0 Å². The van der Waals surface area contributed by atoms with Crippen LogP contribution in [-0.2, 0) is 53.1 Å². The van der Waals surface area contributed by atoms with E-state index in [0.717, 1.165) is 76.7 Å². The Morgan fingerprint density at radius 2 is 0.667 bits per heavy atom. The molecule has 1 unspecified atom stereocenters. The van der Waals surface area contributed by atoms with Crippen molar-refractivity contribution in [1.82, 2.24) is 0 Å². The molecule has 0 aromatic heterocycles. The summed E-state index contributed by atoms with van der Waals surface area (Å²) in [6.45, 7) is 14.8. The molecule has 0 aliphatic heterocycles. The lowest BCUT2D eigenvalue weighted by Crippen LogP contribution is -2.64. The van der Waals surface area contributed by atoms with Gasteiger partial charge in [-0.2, -0.15) is 0 Å². The van der Waals surface area contributed by atoms with Gasteiger partial charge in [-0.05, 0) is 67.2 Å². The van der Waals surface area contributed by atoms with Gasteiger partial charge in [-0.1, -0.05) is 44.9 Å². The summed E-state index contributed by atoms with van der Waals surface area (Å²) in [6.07, 6.45) is 11.2. The first-order chi connectivity index (χ1) is 23.2. The van der Waals surface area contributed by atoms with Gasteiger partial charge < -0.3 is 53.1 Å². The van der Waals surface area contributed by atoms with E-state index in [-0.39, 0.29) is 10.7 Å². The second-order valence-corrected chi connectivity index (χ2v) is 24.0. The smallest absolute Gasteiger partial charge is 0.377 e. The Hall–Kier alpha value is 0.388. The molecule has 0 rings (SSSR count). The summed E-state index contributed by atoms with van der Waals surface area (Å²) in [7, 11) is -1.63. The molecular weight excluding hydrogens is 689 g/mol. The number of unbranched alkanes of at least 4 members (excludes halogenated alkanes) is 6. The maximum atomic E-state index is 6.44. The highest BCUT2D eigenvalue weighted by Gasteiger charge is 2.65. The second kappa shape index (κ2) is 28.0. The first kappa shape index (κ1) is 48.4. The third kappa shape index (κ3) is 15.2. The minimum absolute atomic E-state index is 0.219. The average Bonchev–Trinajstić information content (AvgIpc) is 3.09. The van der Waals surface area contributed by atoms with Gasteiger partial charge in [-0.3, -0.25) is 0 Å². The monoisotopic (exact) mass is 762 g/mol. The van der Waals surface area contributed by atoms with Crippen LogP contribution in [0.3, 0.4) is 0 Å². The van der Waals surface area contributed by atoms with Crippen molar-refractivity contribution in [2.24, 2.45) is 0 Å². The summed E-state index contributed by atoms with van der Waals surface area (Å²) in [6, 6.07) is 0.833. The molecule has 16 heteroatoms. The lowest BCUT2D eigenvalue weighted by molar-refractivity contribution is 0.0310. The quantitative estimate of drug-likeness (QED) is 0.0474. The largest absolute Gasteiger partial charge is 0.508 e. The zero-order valence-corrected chi connectivity index (χ0v) is 36.8. The summed E-state index contributed by atoms with van der Waals surface area (Å²) < 4.78 is 73.3. The van der Waals surface area contributed by atoms with E-state index in [0.29, 0.717) is 39.6 Å². The maximum absolute atomic E-state index is 6.44. The van der Waals surface area contributed by atoms with Gasteiger partial charge in [-0.25, -0.2) is 0 Å². The Kier molecular flexibility index (Phi) is 28.2. The molecule has 1 atom stereocenters. The van der Waals surface area contributed by atoms with Crippen LogP contribution in [0.2, 0.25) is 16.7 Å². The van der Waals surface area contributed by atoms with Gasteiger partial charge >= 0.3 is 35.2 Å². The molecule has 0 spiro atoms. The summed E-state index contributed by atoms with van der Waals surface area (Å²) in [5.41, 5.74) is 0.219. The van der Waals surface area contributed by atoms with Crippen molar-refractivity contribution in [2.75, 3.05) is 82.3 Å². The predicted octanol–water partition coefficient (Wildman–Crippen LogP) is 7.41. The lowest BCUT2D eigenvalue weighted by Gasteiger charge is -2.42. The number of rotatable bonds is 35. The number of hydrogen-bond donors (Lipinski definition) is 0. The Morgan fingerprint density at radius 3 is 1.00 bits per heavy atom. The molecule has 0 heterocycles. The molecule has 0 amide bonds. The predicted molar refractivity (Wildman–Crippen MR) is 198 cm³/mol. The van der Waals surface area contributed by atoms with Crippen molar-refractivity contribution in [3.63, 3.8) is 0 Å². The summed E-state index contributed by atoms with van der Waals surface area (Å²) in [5, 5.41) is -0.227. The normalized spacial score (nSPS) is 13.9. The van der Waals surface area contributed by atoms with Crippen LogP contribution in [0.1, 0.15) is 112 Å². The molecule has 0 aromatic rings. The fourth-order valence-corrected chi connectivity index (χ4v) is 19.5. The van der Waals surface area contributed by atoms with Gasteiger partial charge in [0.2, 0.25) is 0 Å². The summed E-state index contributed by atoms with van der Waals surface area (Å²) in [5.74, 6) is 0. The molecule has 48 heavy (non-hydrogen) atoms. The SMILES string of the molecule is CCO[Si](OCC)(OCC)C(CCCCCC(CCCCCCC[Si](OC)(OC)OC)[Si](OC)(OC)OC)[Si](OCC)(OCC)OCC. The van der Waals surface area contributed by atoms with Crippen LogP contribution < -0.4 is 0 Å². The molecule has 0 N–H and O–H groups in total. The van der Waals surface area contributed by atoms with E-state index in [1.54, 1.807) is 42.7 Å². The topological polar surface area (TPSA) is 111 Å². The molecule has 0 bridgehead atoms. The minimum Gasteiger partial charge on any atom is -0.377 e.